The normalized spacial score (nSPS) is 12.3. The minimum absolute atomic E-state index is 0. The molecule has 0 saturated heterocycles. The van der Waals surface area contributed by atoms with E-state index in [0.717, 1.165) is 39.3 Å². The van der Waals surface area contributed by atoms with Gasteiger partial charge in [0.2, 0.25) is 0 Å². The van der Waals surface area contributed by atoms with Crippen LogP contribution in [0.1, 0.15) is 53.0 Å². The Morgan fingerprint density at radius 2 is 1.38 bits per heavy atom. The number of pyridine rings is 2. The molecule has 1 radical (unpaired) electrons. The number of aryl methyl sites for hydroxylation is 4. The Balaban J connectivity index is 0.000000230. The van der Waals surface area contributed by atoms with Crippen LogP contribution >= 0.6 is 0 Å². The van der Waals surface area contributed by atoms with Gasteiger partial charge in [0.25, 0.3) is 0 Å². The Labute approximate surface area is 315 Å². The zero-order chi connectivity index (χ0) is 37.8. The maximum absolute atomic E-state index is 7.93. The number of hydrogen-bond acceptors (Lipinski definition) is 4. The minimum atomic E-state index is -2.11. The topological polar surface area (TPSA) is 51.6 Å². The molecule has 251 valence electrons. The van der Waals surface area contributed by atoms with Gasteiger partial charge in [-0.05, 0) is 82.6 Å². The minimum Gasteiger partial charge on any atom is -0.304 e. The van der Waals surface area contributed by atoms with Crippen LogP contribution in [-0.4, -0.2) is 19.9 Å². The van der Waals surface area contributed by atoms with Gasteiger partial charge in [0, 0.05) is 55.9 Å². The largest absolute Gasteiger partial charge is 0.304 e. The van der Waals surface area contributed by atoms with Crippen LogP contribution in [0.4, 0.5) is 0 Å². The van der Waals surface area contributed by atoms with Crippen molar-refractivity contribution in [3.8, 4) is 56.0 Å². The van der Waals surface area contributed by atoms with Crippen LogP contribution < -0.4 is 0 Å². The Bertz CT molecular complexity index is 2230. The van der Waals surface area contributed by atoms with Crippen molar-refractivity contribution in [3.05, 3.63) is 168 Å². The molecule has 3 aromatic heterocycles. The van der Waals surface area contributed by atoms with Crippen LogP contribution in [0.3, 0.4) is 0 Å². The predicted octanol–water partition coefficient (Wildman–Crippen LogP) is 11.2. The number of benzene rings is 4. The summed E-state index contributed by atoms with van der Waals surface area (Å²) in [5.41, 5.74) is 15.0. The van der Waals surface area contributed by atoms with Crippen molar-refractivity contribution in [2.45, 2.75) is 47.4 Å². The summed E-state index contributed by atoms with van der Waals surface area (Å²) in [4.78, 5) is 17.5. The third kappa shape index (κ3) is 8.55. The number of aromatic nitrogens is 4. The van der Waals surface area contributed by atoms with Crippen molar-refractivity contribution in [1.29, 1.82) is 0 Å². The molecule has 0 unspecified atom stereocenters. The van der Waals surface area contributed by atoms with Gasteiger partial charge in [-0.3, -0.25) is 9.97 Å². The van der Waals surface area contributed by atoms with E-state index >= 15 is 0 Å². The molecule has 0 N–H and O–H groups in total. The summed E-state index contributed by atoms with van der Waals surface area (Å²) in [6.07, 6.45) is 8.83. The molecule has 3 heterocycles. The third-order valence-electron chi connectivity index (χ3n) is 8.40. The maximum Gasteiger partial charge on any atom is 0.0885 e. The summed E-state index contributed by atoms with van der Waals surface area (Å²) in [5, 5.41) is 0. The van der Waals surface area contributed by atoms with Crippen molar-refractivity contribution in [3.63, 3.8) is 0 Å². The fourth-order valence-electron chi connectivity index (χ4n) is 5.76. The summed E-state index contributed by atoms with van der Waals surface area (Å²) >= 11 is 0. The van der Waals surface area contributed by atoms with Gasteiger partial charge in [0.05, 0.1) is 11.9 Å². The molecule has 0 fully saturated rings. The van der Waals surface area contributed by atoms with Gasteiger partial charge in [0.1, 0.15) is 0 Å². The second-order valence-electron chi connectivity index (χ2n) is 12.2. The molecule has 0 spiro atoms. The van der Waals surface area contributed by atoms with Crippen LogP contribution in [0.25, 0.3) is 56.0 Å². The zero-order valence-electron chi connectivity index (χ0n) is 32.7. The van der Waals surface area contributed by atoms with Crippen LogP contribution in [0.5, 0.6) is 0 Å². The Morgan fingerprint density at radius 3 is 1.98 bits per heavy atom. The molecule has 5 heteroatoms. The molecule has 7 aromatic rings. The standard InChI is InChI=1S/C30H24N3.C15H16N.Ir/c1-20-15-26(23-9-11-25(12-10-23)29-19-31-13-14-32-29)16-21(2)30(20)27-17-28(33-18-22(27)3)24-7-5-4-6-8-24;1-11(2)14-8-9-15(16-10-14)13-6-4-12(3)5-7-13;/h4-7,9-19H,1-3H3;4-6,8-11H,1-3H3;/q2*-1;/i;3D3,11D;. The average molecular weight is 833 g/mol. The van der Waals surface area contributed by atoms with Gasteiger partial charge in [-0.2, -0.15) is 0 Å². The zero-order valence-corrected chi connectivity index (χ0v) is 31.1. The second kappa shape index (κ2) is 16.5. The number of nitrogens with zero attached hydrogens (tertiary/aromatic N) is 4. The smallest absolute Gasteiger partial charge is 0.0885 e. The van der Waals surface area contributed by atoms with E-state index in [1.807, 2.05) is 36.5 Å². The number of hydrogen-bond donors (Lipinski definition) is 0. The summed E-state index contributed by atoms with van der Waals surface area (Å²) in [6.45, 7) is 8.00. The first-order valence-corrected chi connectivity index (χ1v) is 16.2. The molecule has 7 rings (SSSR count). The van der Waals surface area contributed by atoms with E-state index in [2.05, 4.69) is 101 Å². The summed E-state index contributed by atoms with van der Waals surface area (Å²) in [6, 6.07) is 37.9. The van der Waals surface area contributed by atoms with E-state index in [4.69, 9.17) is 5.48 Å². The van der Waals surface area contributed by atoms with E-state index in [0.29, 0.717) is 0 Å². The molecule has 0 aliphatic rings. The fraction of sp³-hybridized carbons (Fsp3) is 0.156. The quantitative estimate of drug-likeness (QED) is 0.157. The van der Waals surface area contributed by atoms with E-state index in [1.165, 1.54) is 45.0 Å². The van der Waals surface area contributed by atoms with Crippen molar-refractivity contribution < 1.29 is 25.6 Å². The van der Waals surface area contributed by atoms with Crippen LogP contribution in [0.15, 0.2) is 128 Å². The fourth-order valence-corrected chi connectivity index (χ4v) is 5.76. The first-order chi connectivity index (χ1) is 25.3. The van der Waals surface area contributed by atoms with Crippen molar-refractivity contribution in [1.82, 2.24) is 19.9 Å². The van der Waals surface area contributed by atoms with Gasteiger partial charge in [-0.25, -0.2) is 0 Å². The van der Waals surface area contributed by atoms with Crippen molar-refractivity contribution in [2.75, 3.05) is 0 Å². The molecular formula is C45H40IrN4-2. The molecule has 0 bridgehead atoms. The molecule has 0 saturated carbocycles. The summed E-state index contributed by atoms with van der Waals surface area (Å²) < 4.78 is 29.9. The van der Waals surface area contributed by atoms with Crippen molar-refractivity contribution >= 4 is 0 Å². The summed E-state index contributed by atoms with van der Waals surface area (Å²) in [5.74, 6) is -0.680. The monoisotopic (exact) mass is 833 g/mol. The molecule has 50 heavy (non-hydrogen) atoms. The molecule has 0 aliphatic heterocycles. The molecule has 4 nitrogen and oxygen atoms in total. The SMILES string of the molecule is Cc1cnc(-c2[c-]cccc2)cc1-c1c(C)cc(-c2ccc(-c3cnccn3)cc2)cc1C.[2H]C([2H])([2H])c1c[c-]c(-c2ccc(C([2H])(C)C)cn2)cc1.[Ir]. The Morgan fingerprint density at radius 1 is 0.640 bits per heavy atom. The van der Waals surface area contributed by atoms with E-state index in [9.17, 15) is 0 Å². The number of rotatable bonds is 6. The van der Waals surface area contributed by atoms with Gasteiger partial charge in [-0.15, -0.1) is 71.3 Å². The molecule has 4 aromatic carbocycles. The predicted molar refractivity (Wildman–Crippen MR) is 202 cm³/mol. The Hall–Kier alpha value is -5.09. The van der Waals surface area contributed by atoms with E-state index in [1.54, 1.807) is 50.8 Å². The van der Waals surface area contributed by atoms with Crippen LogP contribution in [0, 0.1) is 39.8 Å². The van der Waals surface area contributed by atoms with Gasteiger partial charge in [-0.1, -0.05) is 75.3 Å². The van der Waals surface area contributed by atoms with Crippen LogP contribution in [0.2, 0.25) is 0 Å². The molecule has 0 amide bonds. The first-order valence-electron chi connectivity index (χ1n) is 18.2. The van der Waals surface area contributed by atoms with E-state index in [-0.39, 0.29) is 25.7 Å². The molecule has 0 aliphatic carbocycles. The third-order valence-corrected chi connectivity index (χ3v) is 8.40. The maximum atomic E-state index is 7.93. The van der Waals surface area contributed by atoms with Gasteiger partial charge < -0.3 is 9.97 Å². The van der Waals surface area contributed by atoms with E-state index < -0.39 is 12.7 Å². The van der Waals surface area contributed by atoms with Crippen LogP contribution in [-0.2, 0) is 20.1 Å². The molecule has 0 atom stereocenters. The Kier molecular flexibility index (Phi) is 10.2. The van der Waals surface area contributed by atoms with Crippen molar-refractivity contribution in [2.24, 2.45) is 0 Å². The van der Waals surface area contributed by atoms with Gasteiger partial charge >= 0.3 is 0 Å². The first kappa shape index (κ1) is 30.9. The molecular weight excluding hydrogens is 789 g/mol. The average Bonchev–Trinajstić information content (AvgIpc) is 3.16. The van der Waals surface area contributed by atoms with Gasteiger partial charge in [0.15, 0.2) is 0 Å². The second-order valence-corrected chi connectivity index (χ2v) is 12.2. The summed E-state index contributed by atoms with van der Waals surface area (Å²) in [7, 11) is 0.